The molecule has 0 spiro atoms. The van der Waals surface area contributed by atoms with Crippen LogP contribution >= 0.6 is 17.1 Å². The van der Waals surface area contributed by atoms with Crippen molar-refractivity contribution in [3.8, 4) is 0 Å². The smallest absolute Gasteiger partial charge is 0.248 e. The lowest BCUT2D eigenvalue weighted by Crippen LogP contribution is -2.41. The molecule has 1 amide bonds. The third kappa shape index (κ3) is 5.31. The molecule has 1 aliphatic carbocycles. The molecule has 28 heavy (non-hydrogen) atoms. The van der Waals surface area contributed by atoms with E-state index in [-0.39, 0.29) is 16.9 Å². The molecule has 1 unspecified atom stereocenters. The summed E-state index contributed by atoms with van der Waals surface area (Å²) in [6.45, 7) is 17.2. The Labute approximate surface area is 180 Å². The molecule has 0 aromatic carbocycles. The Kier molecular flexibility index (Phi) is 8.44. The Morgan fingerprint density at radius 3 is 2.75 bits per heavy atom. The molecule has 2 fully saturated rings. The molecule has 0 radical (unpaired) electrons. The van der Waals surface area contributed by atoms with E-state index in [4.69, 9.17) is 20.9 Å². The summed E-state index contributed by atoms with van der Waals surface area (Å²) >= 11 is 7.49. The molecule has 7 heteroatoms. The topological polar surface area (TPSA) is 47.6 Å². The van der Waals surface area contributed by atoms with Gasteiger partial charge in [0.05, 0.1) is 17.6 Å². The number of amides is 1. The first-order valence-electron chi connectivity index (χ1n) is 10.3. The van der Waals surface area contributed by atoms with Gasteiger partial charge in [-0.25, -0.2) is 0 Å². The maximum atomic E-state index is 12.7. The van der Waals surface area contributed by atoms with Crippen molar-refractivity contribution in [2.45, 2.75) is 77.1 Å². The fourth-order valence-electron chi connectivity index (χ4n) is 4.18. The van der Waals surface area contributed by atoms with Gasteiger partial charge in [0.1, 0.15) is 0 Å². The van der Waals surface area contributed by atoms with Crippen LogP contribution in [0.4, 0.5) is 0 Å². The van der Waals surface area contributed by atoms with Crippen LogP contribution in [-0.4, -0.2) is 29.9 Å². The van der Waals surface area contributed by atoms with Gasteiger partial charge in [-0.05, 0) is 70.1 Å². The van der Waals surface area contributed by atoms with Crippen LogP contribution in [-0.2, 0) is 25.6 Å². The number of rotatable bonds is 10. The van der Waals surface area contributed by atoms with Crippen molar-refractivity contribution in [2.24, 2.45) is 11.3 Å². The van der Waals surface area contributed by atoms with Gasteiger partial charge in [-0.15, -0.1) is 6.58 Å². The van der Waals surface area contributed by atoms with E-state index in [1.807, 2.05) is 6.08 Å². The third-order valence-electron chi connectivity index (χ3n) is 6.45. The zero-order valence-electron chi connectivity index (χ0n) is 17.8. The molecule has 1 heterocycles. The second kappa shape index (κ2) is 9.78. The van der Waals surface area contributed by atoms with E-state index in [0.717, 1.165) is 32.1 Å². The first kappa shape index (κ1) is 24.1. The summed E-state index contributed by atoms with van der Waals surface area (Å²) in [5.74, 6) is 0.624. The van der Waals surface area contributed by atoms with Crippen LogP contribution in [0.2, 0.25) is 0 Å². The zero-order chi connectivity index (χ0) is 21.0. The predicted octanol–water partition coefficient (Wildman–Crippen LogP) is 5.99. The fraction of sp³-hybridized carbons (Fsp3) is 0.762. The molecule has 2 aliphatic rings. The molecule has 1 saturated carbocycles. The Bertz CT molecular complexity index is 650. The van der Waals surface area contributed by atoms with Crippen LogP contribution in [0.3, 0.4) is 0 Å². The molecule has 0 aromatic rings. The van der Waals surface area contributed by atoms with Gasteiger partial charge in [-0.1, -0.05) is 43.5 Å². The van der Waals surface area contributed by atoms with Gasteiger partial charge >= 0.3 is 0 Å². The van der Waals surface area contributed by atoms with Gasteiger partial charge in [-0.3, -0.25) is 4.79 Å². The van der Waals surface area contributed by atoms with E-state index in [1.54, 1.807) is 11.4 Å². The Balaban J connectivity index is 1.86. The number of fused-ring (bicyclic) bond motifs is 1. The lowest BCUT2D eigenvalue weighted by atomic mass is 9.77. The van der Waals surface area contributed by atoms with E-state index < -0.39 is 5.69 Å². The lowest BCUT2D eigenvalue weighted by Gasteiger charge is -2.37. The van der Waals surface area contributed by atoms with E-state index in [9.17, 15) is 4.79 Å². The second-order valence-corrected chi connectivity index (χ2v) is 14.7. The van der Waals surface area contributed by atoms with Crippen LogP contribution in [0, 0.1) is 11.3 Å². The van der Waals surface area contributed by atoms with Crippen molar-refractivity contribution in [3.05, 3.63) is 24.8 Å². The highest BCUT2D eigenvalue weighted by Gasteiger charge is 2.53. The molecule has 1 saturated heterocycles. The molecular formula is C21H36NO3PS2. The Morgan fingerprint density at radius 2 is 2.18 bits per heavy atom. The quantitative estimate of drug-likeness (QED) is 0.254. The molecule has 0 bridgehead atoms. The molecular weight excluding hydrogens is 409 g/mol. The summed E-state index contributed by atoms with van der Waals surface area (Å²) in [5, 5.41) is 3.39. The molecule has 2 rings (SSSR count). The number of carbonyl (C=O) groups excluding carboxylic acids is 1. The first-order chi connectivity index (χ1) is 13.1. The van der Waals surface area contributed by atoms with Gasteiger partial charge in [0.25, 0.3) is 0 Å². The minimum absolute atomic E-state index is 0.0719. The normalized spacial score (nSPS) is 32.6. The van der Waals surface area contributed by atoms with Crippen molar-refractivity contribution < 1.29 is 13.8 Å². The van der Waals surface area contributed by atoms with Gasteiger partial charge < -0.3 is 14.4 Å². The summed E-state index contributed by atoms with van der Waals surface area (Å²) in [5.41, 5.74) is -1.69. The van der Waals surface area contributed by atoms with Crippen LogP contribution < -0.4 is 5.32 Å². The van der Waals surface area contributed by atoms with Crippen LogP contribution in [0.15, 0.2) is 24.8 Å². The predicted molar refractivity (Wildman–Crippen MR) is 124 cm³/mol. The standard InChI is InChI=1S/C21H36NO3PS2/c1-7-11-21(8-2,9-3)19(23)22-13-14-24-26(27)25-20(6)12-10-17(16(4)5)15-18(20)28-26/h7,17-18H,1,4,8-15H2,2-3,5-6H3,(H,22,23)/t17-,18+,20+,26?/m0/s1. The minimum Gasteiger partial charge on any atom is -0.353 e. The van der Waals surface area contributed by atoms with Crippen molar-refractivity contribution in [2.75, 3.05) is 13.2 Å². The van der Waals surface area contributed by atoms with E-state index in [2.05, 4.69) is 46.2 Å². The highest BCUT2D eigenvalue weighted by molar-refractivity contribution is 8.68. The van der Waals surface area contributed by atoms with Gasteiger partial charge in [0.15, 0.2) is 0 Å². The van der Waals surface area contributed by atoms with Gasteiger partial charge in [0.2, 0.25) is 11.6 Å². The maximum Gasteiger partial charge on any atom is 0.248 e. The first-order valence-corrected chi connectivity index (χ1v) is 14.4. The van der Waals surface area contributed by atoms with Crippen molar-refractivity contribution >= 4 is 34.8 Å². The molecule has 1 aliphatic heterocycles. The van der Waals surface area contributed by atoms with Gasteiger partial charge in [0, 0.05) is 11.8 Å². The molecule has 4 nitrogen and oxygen atoms in total. The van der Waals surface area contributed by atoms with Crippen molar-refractivity contribution in [1.82, 2.24) is 5.32 Å². The highest BCUT2D eigenvalue weighted by atomic mass is 32.9. The number of hydrogen-bond acceptors (Lipinski definition) is 5. The summed E-state index contributed by atoms with van der Waals surface area (Å²) in [7, 11) is 0. The maximum absolute atomic E-state index is 12.7. The van der Waals surface area contributed by atoms with E-state index in [1.165, 1.54) is 5.57 Å². The molecule has 0 aromatic heterocycles. The summed E-state index contributed by atoms with van der Waals surface area (Å²) in [6.07, 6.45) is 7.27. The second-order valence-electron chi connectivity index (χ2n) is 8.33. The van der Waals surface area contributed by atoms with E-state index in [0.29, 0.717) is 30.7 Å². The molecule has 160 valence electrons. The Morgan fingerprint density at radius 1 is 1.50 bits per heavy atom. The Hall–Kier alpha value is -0.130. The average Bonchev–Trinajstić information content (AvgIpc) is 2.92. The average molecular weight is 446 g/mol. The van der Waals surface area contributed by atoms with E-state index >= 15 is 0 Å². The zero-order valence-corrected chi connectivity index (χ0v) is 20.3. The number of nitrogens with one attached hydrogen (secondary N) is 1. The summed E-state index contributed by atoms with van der Waals surface area (Å²) < 4.78 is 12.4. The molecule has 4 atom stereocenters. The highest BCUT2D eigenvalue weighted by Crippen LogP contribution is 2.74. The minimum atomic E-state index is -2.37. The number of hydrogen-bond donors (Lipinski definition) is 1. The molecule has 1 N–H and O–H groups in total. The third-order valence-corrected chi connectivity index (χ3v) is 12.2. The van der Waals surface area contributed by atoms with Crippen molar-refractivity contribution in [3.63, 3.8) is 0 Å². The monoisotopic (exact) mass is 445 g/mol. The van der Waals surface area contributed by atoms with Gasteiger partial charge in [-0.2, -0.15) is 0 Å². The number of carbonyl (C=O) groups is 1. The fourth-order valence-corrected chi connectivity index (χ4v) is 11.1. The van der Waals surface area contributed by atoms with Crippen LogP contribution in [0.1, 0.15) is 66.2 Å². The number of allylic oxidation sites excluding steroid dienone is 2. The lowest BCUT2D eigenvalue weighted by molar-refractivity contribution is -0.131. The summed E-state index contributed by atoms with van der Waals surface area (Å²) in [4.78, 5) is 12.7. The SMILES string of the molecule is C=CCC(CC)(CC)C(=O)NCCOP1(=S)O[C@]2(C)CC[C@H](C(=C)C)C[C@H]2S1. The van der Waals surface area contributed by atoms with Crippen molar-refractivity contribution in [1.29, 1.82) is 0 Å². The van der Waals surface area contributed by atoms with Crippen LogP contribution in [0.5, 0.6) is 0 Å². The summed E-state index contributed by atoms with van der Waals surface area (Å²) in [6, 6.07) is 0. The largest absolute Gasteiger partial charge is 0.353 e. The van der Waals surface area contributed by atoms with Crippen LogP contribution in [0.25, 0.3) is 0 Å².